The van der Waals surface area contributed by atoms with Gasteiger partial charge >= 0.3 is 0 Å². The summed E-state index contributed by atoms with van der Waals surface area (Å²) in [6.45, 7) is 4.29. The summed E-state index contributed by atoms with van der Waals surface area (Å²) in [6, 6.07) is 0. The molecule has 0 saturated carbocycles. The molecule has 6 nitrogen and oxygen atoms in total. The van der Waals surface area contributed by atoms with Crippen LogP contribution in [0.1, 0.15) is 0 Å². The molecule has 6 heteroatoms. The minimum atomic E-state index is 0.750. The SMILES string of the molecule is C1=NCCO1.C1COCN1.c1cocn1. The van der Waals surface area contributed by atoms with E-state index in [1.54, 1.807) is 6.20 Å². The number of oxazole rings is 1. The van der Waals surface area contributed by atoms with Gasteiger partial charge in [-0.05, 0) is 0 Å². The van der Waals surface area contributed by atoms with Crippen molar-refractivity contribution in [2.75, 3.05) is 33.0 Å². The molecule has 1 aromatic heterocycles. The molecular weight excluding hydrogens is 198 g/mol. The monoisotopic (exact) mass is 213 g/mol. The van der Waals surface area contributed by atoms with Crippen LogP contribution in [0, 0.1) is 0 Å². The first kappa shape index (κ1) is 11.7. The van der Waals surface area contributed by atoms with E-state index in [2.05, 4.69) is 24.4 Å². The second kappa shape index (κ2) is 9.17. The van der Waals surface area contributed by atoms with Crippen LogP contribution in [-0.2, 0) is 9.47 Å². The molecular formula is C9H15N3O3. The molecule has 3 heterocycles. The van der Waals surface area contributed by atoms with E-state index in [1.165, 1.54) is 19.1 Å². The van der Waals surface area contributed by atoms with Crippen LogP contribution in [0.15, 0.2) is 28.3 Å². The molecule has 0 spiro atoms. The molecule has 1 fully saturated rings. The van der Waals surface area contributed by atoms with Crippen molar-refractivity contribution in [3.8, 4) is 0 Å². The predicted molar refractivity (Wildman–Crippen MR) is 54.6 cm³/mol. The second-order valence-electron chi connectivity index (χ2n) is 2.61. The van der Waals surface area contributed by atoms with Crippen molar-refractivity contribution < 1.29 is 13.9 Å². The van der Waals surface area contributed by atoms with Crippen LogP contribution in [0.2, 0.25) is 0 Å². The van der Waals surface area contributed by atoms with Gasteiger partial charge in [-0.25, -0.2) is 4.98 Å². The van der Waals surface area contributed by atoms with Crippen LogP contribution in [0.5, 0.6) is 0 Å². The van der Waals surface area contributed by atoms with Crippen molar-refractivity contribution in [1.82, 2.24) is 10.3 Å². The number of hydrogen-bond acceptors (Lipinski definition) is 6. The lowest BCUT2D eigenvalue weighted by Crippen LogP contribution is -2.05. The topological polar surface area (TPSA) is 68.9 Å². The van der Waals surface area contributed by atoms with Gasteiger partial charge in [-0.3, -0.25) is 10.3 Å². The zero-order valence-corrected chi connectivity index (χ0v) is 8.46. The van der Waals surface area contributed by atoms with Gasteiger partial charge in [0.1, 0.15) is 12.9 Å². The number of nitrogens with zero attached hydrogens (tertiary/aromatic N) is 2. The minimum absolute atomic E-state index is 0.750. The maximum atomic E-state index is 4.83. The Kier molecular flexibility index (Phi) is 7.13. The number of aliphatic imine (C=N–C) groups is 1. The van der Waals surface area contributed by atoms with E-state index in [0.29, 0.717) is 0 Å². The first-order valence-corrected chi connectivity index (χ1v) is 4.70. The zero-order chi connectivity index (χ0) is 10.6. The summed E-state index contributed by atoms with van der Waals surface area (Å²) in [7, 11) is 0. The van der Waals surface area contributed by atoms with E-state index in [9.17, 15) is 0 Å². The average Bonchev–Trinajstić information content (AvgIpc) is 3.09. The van der Waals surface area contributed by atoms with Crippen molar-refractivity contribution in [1.29, 1.82) is 0 Å². The van der Waals surface area contributed by atoms with E-state index in [-0.39, 0.29) is 0 Å². The Morgan fingerprint density at radius 3 is 2.47 bits per heavy atom. The Morgan fingerprint density at radius 2 is 2.27 bits per heavy atom. The van der Waals surface area contributed by atoms with Crippen molar-refractivity contribution in [3.63, 3.8) is 0 Å². The Balaban J connectivity index is 0.000000112. The maximum absolute atomic E-state index is 4.83. The molecule has 0 radical (unpaired) electrons. The molecule has 84 valence electrons. The summed E-state index contributed by atoms with van der Waals surface area (Å²) in [5.74, 6) is 0. The molecule has 2 aliphatic rings. The van der Waals surface area contributed by atoms with Crippen LogP contribution in [0.3, 0.4) is 0 Å². The van der Waals surface area contributed by atoms with Crippen LogP contribution < -0.4 is 5.32 Å². The Bertz CT molecular complexity index is 204. The van der Waals surface area contributed by atoms with Crippen LogP contribution in [0.25, 0.3) is 0 Å². The third-order valence-corrected chi connectivity index (χ3v) is 1.46. The third kappa shape index (κ3) is 7.65. The van der Waals surface area contributed by atoms with Gasteiger partial charge in [-0.2, -0.15) is 0 Å². The highest BCUT2D eigenvalue weighted by Crippen LogP contribution is 1.78. The largest absolute Gasteiger partial charge is 0.482 e. The van der Waals surface area contributed by atoms with Crippen molar-refractivity contribution in [3.05, 3.63) is 18.9 Å². The molecule has 1 aromatic rings. The van der Waals surface area contributed by atoms with E-state index >= 15 is 0 Å². The van der Waals surface area contributed by atoms with Gasteiger partial charge in [0.15, 0.2) is 12.8 Å². The summed E-state index contributed by atoms with van der Waals surface area (Å²) in [4.78, 5) is 7.29. The average molecular weight is 213 g/mol. The molecule has 15 heavy (non-hydrogen) atoms. The second-order valence-corrected chi connectivity index (χ2v) is 2.61. The molecule has 0 aromatic carbocycles. The summed E-state index contributed by atoms with van der Waals surface area (Å²) in [5, 5.41) is 3.00. The fourth-order valence-electron chi connectivity index (χ4n) is 0.800. The highest BCUT2D eigenvalue weighted by molar-refractivity contribution is 5.47. The summed E-state index contributed by atoms with van der Waals surface area (Å²) in [6.07, 6.45) is 5.96. The van der Waals surface area contributed by atoms with Gasteiger partial charge in [-0.15, -0.1) is 0 Å². The minimum Gasteiger partial charge on any atom is -0.482 e. The molecule has 1 saturated heterocycles. The molecule has 1 N–H and O–H groups in total. The number of rotatable bonds is 0. The lowest BCUT2D eigenvalue weighted by Gasteiger charge is -1.76. The maximum Gasteiger partial charge on any atom is 0.180 e. The Hall–Kier alpha value is -1.40. The van der Waals surface area contributed by atoms with Gasteiger partial charge in [0.25, 0.3) is 0 Å². The molecule has 0 amide bonds. The highest BCUT2D eigenvalue weighted by atomic mass is 16.5. The highest BCUT2D eigenvalue weighted by Gasteiger charge is 1.92. The van der Waals surface area contributed by atoms with E-state index in [0.717, 1.165) is 33.0 Å². The summed E-state index contributed by atoms with van der Waals surface area (Å²) in [5.41, 5.74) is 0. The molecule has 0 aliphatic carbocycles. The van der Waals surface area contributed by atoms with E-state index < -0.39 is 0 Å². The van der Waals surface area contributed by atoms with Crippen LogP contribution >= 0.6 is 0 Å². The number of ether oxygens (including phenoxy) is 2. The standard InChI is InChI=1S/C3H7NO.C3H5NO.C3H3NO/c3*1-2-5-3-4-1/h4H,1-3H2;3H,1-2H2;1-3H. The Labute approximate surface area is 88.3 Å². The first-order valence-electron chi connectivity index (χ1n) is 4.70. The lowest BCUT2D eigenvalue weighted by atomic mass is 10.7. The van der Waals surface area contributed by atoms with Gasteiger partial charge in [0, 0.05) is 6.54 Å². The van der Waals surface area contributed by atoms with Gasteiger partial charge < -0.3 is 13.9 Å². The van der Waals surface area contributed by atoms with E-state index in [1.807, 2.05) is 0 Å². The lowest BCUT2D eigenvalue weighted by molar-refractivity contribution is 0.194. The van der Waals surface area contributed by atoms with Crippen molar-refractivity contribution in [2.45, 2.75) is 0 Å². The third-order valence-electron chi connectivity index (χ3n) is 1.46. The molecule has 0 bridgehead atoms. The number of nitrogens with one attached hydrogen (secondary N) is 1. The van der Waals surface area contributed by atoms with Crippen LogP contribution in [-0.4, -0.2) is 44.4 Å². The Morgan fingerprint density at radius 1 is 1.27 bits per heavy atom. The molecule has 0 atom stereocenters. The smallest absolute Gasteiger partial charge is 0.180 e. The number of aromatic nitrogens is 1. The molecule has 2 aliphatic heterocycles. The fraction of sp³-hybridized carbons (Fsp3) is 0.556. The van der Waals surface area contributed by atoms with Gasteiger partial charge in [0.05, 0.1) is 26.1 Å². The van der Waals surface area contributed by atoms with Gasteiger partial charge in [-0.1, -0.05) is 0 Å². The van der Waals surface area contributed by atoms with Crippen molar-refractivity contribution >= 4 is 6.40 Å². The van der Waals surface area contributed by atoms with E-state index in [4.69, 9.17) is 4.74 Å². The first-order chi connectivity index (χ1) is 7.50. The predicted octanol–water partition coefficient (Wildman–Crippen LogP) is 0.283. The quantitative estimate of drug-likeness (QED) is 0.670. The zero-order valence-electron chi connectivity index (χ0n) is 8.46. The summed E-state index contributed by atoms with van der Waals surface area (Å²) < 4.78 is 14.0. The molecule has 0 unspecified atom stereocenters. The van der Waals surface area contributed by atoms with Crippen LogP contribution in [0.4, 0.5) is 0 Å². The fourth-order valence-corrected chi connectivity index (χ4v) is 0.800. The normalized spacial score (nSPS) is 17.1. The summed E-state index contributed by atoms with van der Waals surface area (Å²) >= 11 is 0. The molecule has 3 rings (SSSR count). The van der Waals surface area contributed by atoms with Crippen molar-refractivity contribution in [2.24, 2.45) is 4.99 Å². The van der Waals surface area contributed by atoms with Gasteiger partial charge in [0.2, 0.25) is 0 Å². The number of hydrogen-bond donors (Lipinski definition) is 1.